The summed E-state index contributed by atoms with van der Waals surface area (Å²) in [6.07, 6.45) is 1.47. The fourth-order valence-corrected chi connectivity index (χ4v) is 2.77. The molecule has 0 heterocycles. The molecule has 3 N–H and O–H groups in total. The van der Waals surface area contributed by atoms with Crippen LogP contribution in [0, 0.1) is 6.92 Å². The number of benzene rings is 1. The number of aryl methyl sites for hydroxylation is 1. The smallest absolute Gasteiger partial charge is 0.317 e. The van der Waals surface area contributed by atoms with Gasteiger partial charge >= 0.3 is 5.97 Å². The number of nitrogens with zero attached hydrogens (tertiary/aromatic N) is 1. The Labute approximate surface area is 129 Å². The highest BCUT2D eigenvalue weighted by Gasteiger charge is 2.35. The second-order valence-electron chi connectivity index (χ2n) is 5.77. The third-order valence-electron chi connectivity index (χ3n) is 4.11. The van der Waals surface area contributed by atoms with Crippen LogP contribution < -0.4 is 5.32 Å². The fourth-order valence-electron chi connectivity index (χ4n) is 2.77. The topological polar surface area (TPSA) is 89.9 Å². The van der Waals surface area contributed by atoms with Gasteiger partial charge in [0.1, 0.15) is 5.75 Å². The number of aliphatic carboxylic acids is 1. The van der Waals surface area contributed by atoms with Gasteiger partial charge in [0.2, 0.25) is 0 Å². The first-order valence-corrected chi connectivity index (χ1v) is 7.47. The Balaban J connectivity index is 1.86. The van der Waals surface area contributed by atoms with Gasteiger partial charge in [-0.2, -0.15) is 0 Å². The van der Waals surface area contributed by atoms with Crippen molar-refractivity contribution in [2.75, 3.05) is 13.1 Å². The normalized spacial score (nSPS) is 20.5. The van der Waals surface area contributed by atoms with Crippen LogP contribution in [-0.4, -0.2) is 52.2 Å². The quantitative estimate of drug-likeness (QED) is 0.738. The number of aromatic hydroxyl groups is 1. The summed E-state index contributed by atoms with van der Waals surface area (Å²) in [5.74, 6) is -1.14. The molecule has 1 fully saturated rings. The van der Waals surface area contributed by atoms with E-state index in [2.05, 4.69) is 5.32 Å². The van der Waals surface area contributed by atoms with Crippen molar-refractivity contribution in [3.63, 3.8) is 0 Å². The van der Waals surface area contributed by atoms with Crippen molar-refractivity contribution in [1.82, 2.24) is 10.2 Å². The van der Waals surface area contributed by atoms with Crippen LogP contribution in [0.25, 0.3) is 0 Å². The minimum atomic E-state index is -0.834. The molecule has 1 aromatic carbocycles. The maximum absolute atomic E-state index is 12.1. The molecule has 1 amide bonds. The number of rotatable bonds is 6. The van der Waals surface area contributed by atoms with E-state index in [9.17, 15) is 14.7 Å². The minimum Gasteiger partial charge on any atom is -0.507 e. The summed E-state index contributed by atoms with van der Waals surface area (Å²) in [5, 5.41) is 21.5. The molecule has 1 aliphatic rings. The lowest BCUT2D eigenvalue weighted by Crippen LogP contribution is -2.54. The van der Waals surface area contributed by atoms with Crippen molar-refractivity contribution >= 4 is 11.9 Å². The van der Waals surface area contributed by atoms with Gasteiger partial charge in [0.05, 0.1) is 12.1 Å². The number of phenolic OH excluding ortho intramolecular Hbond substituents is 1. The average molecular weight is 306 g/mol. The summed E-state index contributed by atoms with van der Waals surface area (Å²) in [5.41, 5.74) is 1.16. The lowest BCUT2D eigenvalue weighted by Gasteiger charge is -2.42. The number of hydrogen-bond acceptors (Lipinski definition) is 4. The molecule has 6 heteroatoms. The van der Waals surface area contributed by atoms with Gasteiger partial charge in [-0.1, -0.05) is 13.0 Å². The van der Waals surface area contributed by atoms with Crippen LogP contribution in [0.2, 0.25) is 0 Å². The molecule has 0 atom stereocenters. The highest BCUT2D eigenvalue weighted by atomic mass is 16.4. The van der Waals surface area contributed by atoms with Crippen molar-refractivity contribution < 1.29 is 19.8 Å². The Kier molecular flexibility index (Phi) is 5.03. The van der Waals surface area contributed by atoms with Gasteiger partial charge in [-0.15, -0.1) is 0 Å². The Hall–Kier alpha value is -2.08. The molecule has 2 rings (SSSR count). The van der Waals surface area contributed by atoms with Gasteiger partial charge in [-0.05, 0) is 44.0 Å². The third-order valence-corrected chi connectivity index (χ3v) is 4.11. The Morgan fingerprint density at radius 3 is 2.59 bits per heavy atom. The molecule has 0 unspecified atom stereocenters. The first-order valence-electron chi connectivity index (χ1n) is 7.47. The zero-order valence-corrected chi connectivity index (χ0v) is 12.9. The average Bonchev–Trinajstić information content (AvgIpc) is 2.39. The van der Waals surface area contributed by atoms with E-state index in [1.807, 2.05) is 18.7 Å². The van der Waals surface area contributed by atoms with E-state index in [0.29, 0.717) is 6.54 Å². The number of carbonyl (C=O) groups excluding carboxylic acids is 1. The second-order valence-corrected chi connectivity index (χ2v) is 5.77. The van der Waals surface area contributed by atoms with Gasteiger partial charge in [0.15, 0.2) is 0 Å². The Morgan fingerprint density at radius 2 is 2.05 bits per heavy atom. The van der Waals surface area contributed by atoms with Crippen LogP contribution in [0.3, 0.4) is 0 Å². The number of likely N-dealkylation sites (N-methyl/N-ethyl adjacent to an activating group) is 1. The van der Waals surface area contributed by atoms with Crippen molar-refractivity contribution in [3.05, 3.63) is 29.3 Å². The van der Waals surface area contributed by atoms with Crippen molar-refractivity contribution in [1.29, 1.82) is 0 Å². The van der Waals surface area contributed by atoms with Gasteiger partial charge in [-0.3, -0.25) is 14.5 Å². The van der Waals surface area contributed by atoms with E-state index in [0.717, 1.165) is 18.4 Å². The zero-order chi connectivity index (χ0) is 16.3. The van der Waals surface area contributed by atoms with E-state index in [4.69, 9.17) is 5.11 Å². The number of carboxylic acid groups (broad SMARTS) is 1. The summed E-state index contributed by atoms with van der Waals surface area (Å²) in [7, 11) is 0. The Bertz CT molecular complexity index is 567. The van der Waals surface area contributed by atoms with Gasteiger partial charge < -0.3 is 15.5 Å². The number of carbonyl (C=O) groups is 2. The number of phenols is 1. The van der Waals surface area contributed by atoms with Crippen LogP contribution >= 0.6 is 0 Å². The summed E-state index contributed by atoms with van der Waals surface area (Å²) in [4.78, 5) is 24.8. The van der Waals surface area contributed by atoms with Gasteiger partial charge in [0, 0.05) is 12.1 Å². The first kappa shape index (κ1) is 16.3. The maximum atomic E-state index is 12.1. The molecule has 0 aliphatic heterocycles. The van der Waals surface area contributed by atoms with Crippen LogP contribution in [0.15, 0.2) is 18.2 Å². The SMILES string of the molecule is CCN(CC(=O)O)C1CC(NC(=O)c2ccc(C)cc2O)C1. The van der Waals surface area contributed by atoms with Crippen LogP contribution in [0.5, 0.6) is 5.75 Å². The molecular weight excluding hydrogens is 284 g/mol. The largest absolute Gasteiger partial charge is 0.507 e. The predicted octanol–water partition coefficient (Wildman–Crippen LogP) is 1.37. The van der Waals surface area contributed by atoms with Crippen molar-refractivity contribution in [2.45, 2.75) is 38.8 Å². The lowest BCUT2D eigenvalue weighted by atomic mass is 9.85. The van der Waals surface area contributed by atoms with E-state index < -0.39 is 5.97 Å². The molecule has 0 bridgehead atoms. The molecule has 22 heavy (non-hydrogen) atoms. The van der Waals surface area contributed by atoms with E-state index in [1.54, 1.807) is 18.2 Å². The third kappa shape index (κ3) is 3.76. The maximum Gasteiger partial charge on any atom is 0.317 e. The van der Waals surface area contributed by atoms with E-state index in [-0.39, 0.29) is 35.8 Å². The number of carboxylic acids is 1. The second kappa shape index (κ2) is 6.79. The molecule has 1 aromatic rings. The fraction of sp³-hybridized carbons (Fsp3) is 0.500. The molecule has 0 saturated heterocycles. The molecule has 0 spiro atoms. The molecule has 120 valence electrons. The highest BCUT2D eigenvalue weighted by molar-refractivity contribution is 5.97. The standard InChI is InChI=1S/C16H22N2O4/c1-3-18(9-15(20)21)12-7-11(8-12)17-16(22)13-5-4-10(2)6-14(13)19/h4-6,11-12,19H,3,7-9H2,1-2H3,(H,17,22)(H,20,21). The highest BCUT2D eigenvalue weighted by Crippen LogP contribution is 2.26. The van der Waals surface area contributed by atoms with Crippen LogP contribution in [0.4, 0.5) is 0 Å². The molecule has 1 saturated carbocycles. The Morgan fingerprint density at radius 1 is 1.36 bits per heavy atom. The summed E-state index contributed by atoms with van der Waals surface area (Å²) >= 11 is 0. The van der Waals surface area contributed by atoms with Crippen LogP contribution in [0.1, 0.15) is 35.7 Å². The predicted molar refractivity (Wildman–Crippen MR) is 82.0 cm³/mol. The molecule has 6 nitrogen and oxygen atoms in total. The molecule has 0 radical (unpaired) electrons. The molecule has 1 aliphatic carbocycles. The number of amides is 1. The van der Waals surface area contributed by atoms with Gasteiger partial charge in [-0.25, -0.2) is 0 Å². The summed E-state index contributed by atoms with van der Waals surface area (Å²) in [6.45, 7) is 4.48. The number of nitrogens with one attached hydrogen (secondary N) is 1. The monoisotopic (exact) mass is 306 g/mol. The summed E-state index contributed by atoms with van der Waals surface area (Å²) < 4.78 is 0. The number of hydrogen-bond donors (Lipinski definition) is 3. The lowest BCUT2D eigenvalue weighted by molar-refractivity contribution is -0.139. The first-order chi connectivity index (χ1) is 10.4. The van der Waals surface area contributed by atoms with Crippen molar-refractivity contribution in [3.8, 4) is 5.75 Å². The minimum absolute atomic E-state index is 0.0190. The molecular formula is C16H22N2O4. The van der Waals surface area contributed by atoms with Crippen molar-refractivity contribution in [2.24, 2.45) is 0 Å². The zero-order valence-electron chi connectivity index (χ0n) is 12.9. The summed E-state index contributed by atoms with van der Waals surface area (Å²) in [6, 6.07) is 5.17. The van der Waals surface area contributed by atoms with Crippen LogP contribution in [-0.2, 0) is 4.79 Å². The van der Waals surface area contributed by atoms with Gasteiger partial charge in [0.25, 0.3) is 5.91 Å². The molecule has 0 aromatic heterocycles. The van der Waals surface area contributed by atoms with E-state index in [1.165, 1.54) is 0 Å². The van der Waals surface area contributed by atoms with E-state index >= 15 is 0 Å².